The van der Waals surface area contributed by atoms with Crippen LogP contribution in [0.25, 0.3) is 0 Å². The van der Waals surface area contributed by atoms with Gasteiger partial charge in [0, 0.05) is 43.5 Å². The molecule has 1 amide bonds. The molecule has 2 aliphatic heterocycles. The summed E-state index contributed by atoms with van der Waals surface area (Å²) in [5, 5.41) is 10.3. The summed E-state index contributed by atoms with van der Waals surface area (Å²) in [6.07, 6.45) is 3.46. The summed E-state index contributed by atoms with van der Waals surface area (Å²) in [5.74, 6) is -0.705. The highest BCUT2D eigenvalue weighted by Crippen LogP contribution is 2.21. The van der Waals surface area contributed by atoms with Crippen LogP contribution in [0, 0.1) is 5.92 Å². The van der Waals surface area contributed by atoms with Crippen molar-refractivity contribution in [3.05, 3.63) is 28.2 Å². The van der Waals surface area contributed by atoms with Gasteiger partial charge in [0.05, 0.1) is 17.8 Å². The average molecular weight is 420 g/mol. The van der Waals surface area contributed by atoms with Gasteiger partial charge < -0.3 is 21.4 Å². The highest BCUT2D eigenvalue weighted by atomic mass is 16.1. The van der Waals surface area contributed by atoms with Crippen LogP contribution in [0.3, 0.4) is 0 Å². The lowest BCUT2D eigenvalue weighted by molar-refractivity contribution is -0.123. The zero-order valence-corrected chi connectivity index (χ0v) is 18.5. The van der Waals surface area contributed by atoms with Crippen molar-refractivity contribution in [1.29, 1.82) is 0 Å². The number of carbonyl (C=O) groups excluding carboxylic acids is 1. The normalized spacial score (nSPS) is 28.1. The summed E-state index contributed by atoms with van der Waals surface area (Å²) >= 11 is 0. The van der Waals surface area contributed by atoms with E-state index in [1.807, 2.05) is 40.0 Å². The number of amides is 1. The van der Waals surface area contributed by atoms with Gasteiger partial charge in [0.15, 0.2) is 0 Å². The van der Waals surface area contributed by atoms with Crippen LogP contribution in [0.4, 0.5) is 5.69 Å². The number of aromatic nitrogens is 1. The second-order valence-electron chi connectivity index (χ2n) is 9.15. The van der Waals surface area contributed by atoms with Crippen molar-refractivity contribution in [3.8, 4) is 0 Å². The number of rotatable bonds is 6. The number of hydrogen-bond acceptors (Lipinski definition) is 7. The Labute approximate surface area is 178 Å². The van der Waals surface area contributed by atoms with Crippen LogP contribution in [0.1, 0.15) is 58.1 Å². The fraction of sp³-hybridized carbons (Fsp3) is 0.714. The summed E-state index contributed by atoms with van der Waals surface area (Å²) in [4.78, 5) is 27.2. The van der Waals surface area contributed by atoms with Gasteiger partial charge in [-0.2, -0.15) is 0 Å². The number of primary amides is 1. The summed E-state index contributed by atoms with van der Waals surface area (Å²) in [5.41, 5.74) is 13.4. The standard InChI is InChI=1S/C21H37N7O2/c1-12(2)16-8-15(11-28(13(3)4)20(16)30)25-19-17(18(23)29)9-24-21(26-19)27-7-5-6-14(22)10-27/h8,11-14,17,19,21,24-26H,5-7,9-10,22H2,1-4H3,(H2,23,29)/t14-,17?,19?,21?/m0/s1. The molecule has 30 heavy (non-hydrogen) atoms. The first-order valence-electron chi connectivity index (χ1n) is 11.0. The van der Waals surface area contributed by atoms with E-state index in [0.717, 1.165) is 37.2 Å². The van der Waals surface area contributed by atoms with Gasteiger partial charge in [-0.1, -0.05) is 13.8 Å². The molecule has 2 aliphatic rings. The van der Waals surface area contributed by atoms with Gasteiger partial charge in [-0.15, -0.1) is 0 Å². The van der Waals surface area contributed by atoms with Crippen LogP contribution < -0.4 is 33.0 Å². The van der Waals surface area contributed by atoms with Crippen molar-refractivity contribution in [2.45, 2.75) is 71.0 Å². The maximum atomic E-state index is 12.8. The minimum absolute atomic E-state index is 0.0236. The highest BCUT2D eigenvalue weighted by Gasteiger charge is 2.36. The molecule has 2 fully saturated rings. The predicted octanol–water partition coefficient (Wildman–Crippen LogP) is 0.292. The van der Waals surface area contributed by atoms with Crippen molar-refractivity contribution in [3.63, 3.8) is 0 Å². The van der Waals surface area contributed by atoms with Crippen LogP contribution in [0.15, 0.2) is 17.1 Å². The van der Waals surface area contributed by atoms with E-state index in [1.54, 1.807) is 4.57 Å². The molecule has 1 aromatic rings. The monoisotopic (exact) mass is 419 g/mol. The lowest BCUT2D eigenvalue weighted by Gasteiger charge is -2.44. The van der Waals surface area contributed by atoms with Crippen LogP contribution >= 0.6 is 0 Å². The number of pyridine rings is 1. The van der Waals surface area contributed by atoms with Crippen molar-refractivity contribution in [2.24, 2.45) is 17.4 Å². The molecule has 0 aliphatic carbocycles. The second-order valence-corrected chi connectivity index (χ2v) is 9.15. The number of piperidine rings is 1. The molecule has 9 heteroatoms. The van der Waals surface area contributed by atoms with E-state index in [9.17, 15) is 9.59 Å². The zero-order valence-electron chi connectivity index (χ0n) is 18.5. The van der Waals surface area contributed by atoms with Crippen LogP contribution in [-0.2, 0) is 4.79 Å². The molecule has 0 aromatic carbocycles. The molecule has 0 spiro atoms. The first-order valence-corrected chi connectivity index (χ1v) is 11.0. The third-order valence-electron chi connectivity index (χ3n) is 6.06. The van der Waals surface area contributed by atoms with E-state index in [0.29, 0.717) is 6.54 Å². The summed E-state index contributed by atoms with van der Waals surface area (Å²) in [7, 11) is 0. The Morgan fingerprint density at radius 2 is 2.03 bits per heavy atom. The maximum absolute atomic E-state index is 12.8. The van der Waals surface area contributed by atoms with Crippen LogP contribution in [-0.4, -0.2) is 53.5 Å². The lowest BCUT2D eigenvalue weighted by atomic mass is 10.0. The number of likely N-dealkylation sites (tertiary alicyclic amines) is 1. The summed E-state index contributed by atoms with van der Waals surface area (Å²) in [6, 6.07) is 2.08. The fourth-order valence-electron chi connectivity index (χ4n) is 4.30. The van der Waals surface area contributed by atoms with E-state index in [2.05, 4.69) is 20.9 Å². The number of hydrogen-bond donors (Lipinski definition) is 5. The lowest BCUT2D eigenvalue weighted by Crippen LogP contribution is -2.70. The van der Waals surface area contributed by atoms with Gasteiger partial charge in [0.2, 0.25) is 5.91 Å². The van der Waals surface area contributed by atoms with E-state index in [1.165, 1.54) is 0 Å². The molecule has 7 N–H and O–H groups in total. The van der Waals surface area contributed by atoms with Crippen molar-refractivity contribution in [1.82, 2.24) is 20.1 Å². The highest BCUT2D eigenvalue weighted by molar-refractivity contribution is 5.78. The van der Waals surface area contributed by atoms with E-state index in [-0.39, 0.29) is 41.9 Å². The third kappa shape index (κ3) is 5.03. The number of nitrogens with zero attached hydrogens (tertiary/aromatic N) is 2. The number of nitrogens with two attached hydrogens (primary N) is 2. The average Bonchev–Trinajstić information content (AvgIpc) is 2.68. The molecule has 9 nitrogen and oxygen atoms in total. The first kappa shape index (κ1) is 22.7. The van der Waals surface area contributed by atoms with E-state index < -0.39 is 5.92 Å². The van der Waals surface area contributed by atoms with Gasteiger partial charge in [-0.3, -0.25) is 25.1 Å². The Kier molecular flexibility index (Phi) is 7.18. The molecular weight excluding hydrogens is 382 g/mol. The van der Waals surface area contributed by atoms with Gasteiger partial charge in [0.25, 0.3) is 5.56 Å². The minimum atomic E-state index is -0.429. The van der Waals surface area contributed by atoms with Crippen LogP contribution in [0.2, 0.25) is 0 Å². The number of carbonyl (C=O) groups is 1. The van der Waals surface area contributed by atoms with Crippen LogP contribution in [0.5, 0.6) is 0 Å². The zero-order chi connectivity index (χ0) is 22.0. The van der Waals surface area contributed by atoms with Crippen molar-refractivity contribution >= 4 is 11.6 Å². The Morgan fingerprint density at radius 3 is 2.63 bits per heavy atom. The predicted molar refractivity (Wildman–Crippen MR) is 119 cm³/mol. The maximum Gasteiger partial charge on any atom is 0.254 e. The molecule has 3 unspecified atom stereocenters. The van der Waals surface area contributed by atoms with Crippen molar-refractivity contribution < 1.29 is 4.79 Å². The van der Waals surface area contributed by atoms with Gasteiger partial charge in [-0.05, 0) is 38.7 Å². The Balaban J connectivity index is 1.85. The van der Waals surface area contributed by atoms with E-state index in [4.69, 9.17) is 11.5 Å². The third-order valence-corrected chi connectivity index (χ3v) is 6.06. The van der Waals surface area contributed by atoms with Gasteiger partial charge in [0.1, 0.15) is 6.29 Å². The second kappa shape index (κ2) is 9.47. The van der Waals surface area contributed by atoms with Gasteiger partial charge in [-0.25, -0.2) is 0 Å². The molecule has 2 saturated heterocycles. The molecule has 4 atom stereocenters. The van der Waals surface area contributed by atoms with E-state index >= 15 is 0 Å². The SMILES string of the molecule is CC(C)c1cc(NC2NC(N3CCC[C@H](N)C3)NCC2C(N)=O)cn(C(C)C)c1=O. The Bertz CT molecular complexity index is 775. The van der Waals surface area contributed by atoms with Gasteiger partial charge >= 0.3 is 0 Å². The summed E-state index contributed by atoms with van der Waals surface area (Å²) < 4.78 is 1.74. The Morgan fingerprint density at radius 1 is 1.30 bits per heavy atom. The molecular formula is C21H37N7O2. The molecule has 1 aromatic heterocycles. The number of nitrogens with one attached hydrogen (secondary N) is 3. The molecule has 0 radical (unpaired) electrons. The quantitative estimate of drug-likeness (QED) is 0.448. The smallest absolute Gasteiger partial charge is 0.254 e. The fourth-order valence-corrected chi connectivity index (χ4v) is 4.30. The summed E-state index contributed by atoms with van der Waals surface area (Å²) in [6.45, 7) is 10.2. The topological polar surface area (TPSA) is 130 Å². The molecule has 0 bridgehead atoms. The number of anilines is 1. The largest absolute Gasteiger partial charge is 0.369 e. The molecule has 0 saturated carbocycles. The molecule has 3 rings (SSSR count). The molecule has 168 valence electrons. The van der Waals surface area contributed by atoms with Crippen molar-refractivity contribution in [2.75, 3.05) is 25.0 Å². The minimum Gasteiger partial charge on any atom is -0.369 e. The Hall–Kier alpha value is -1.94. The molecule has 3 heterocycles. The first-order chi connectivity index (χ1) is 14.2.